The molecule has 8 nitrogen and oxygen atoms in total. The van der Waals surface area contributed by atoms with E-state index in [1.165, 1.54) is 9.70 Å². The Kier molecular flexibility index (Phi) is 6.23. The number of aromatic nitrogens is 4. The quantitative estimate of drug-likeness (QED) is 0.671. The van der Waals surface area contributed by atoms with Gasteiger partial charge in [0.05, 0.1) is 11.6 Å². The number of aryl methyl sites for hydroxylation is 2. The van der Waals surface area contributed by atoms with Crippen molar-refractivity contribution in [2.45, 2.75) is 20.4 Å². The Hall–Kier alpha value is -3.26. The Bertz CT molecular complexity index is 1030. The predicted octanol–water partition coefficient (Wildman–Crippen LogP) is 2.71. The minimum absolute atomic E-state index is 0.0846. The van der Waals surface area contributed by atoms with E-state index in [1.54, 1.807) is 25.2 Å². The number of rotatable bonds is 6. The number of halogens is 1. The van der Waals surface area contributed by atoms with Crippen LogP contribution in [-0.4, -0.2) is 50.5 Å². The summed E-state index contributed by atoms with van der Waals surface area (Å²) in [6.45, 7) is 3.62. The van der Waals surface area contributed by atoms with E-state index < -0.39 is 0 Å². The molecule has 0 unspecified atom stereocenters. The second-order valence-corrected chi connectivity index (χ2v) is 7.10. The Morgan fingerprint density at radius 3 is 2.48 bits per heavy atom. The van der Waals surface area contributed by atoms with Gasteiger partial charge >= 0.3 is 0 Å². The lowest BCUT2D eigenvalue weighted by Gasteiger charge is -2.17. The molecule has 0 atom stereocenters. The van der Waals surface area contributed by atoms with Crippen LogP contribution in [0.2, 0.25) is 5.02 Å². The summed E-state index contributed by atoms with van der Waals surface area (Å²) >= 11 is 6.13. The van der Waals surface area contributed by atoms with Crippen LogP contribution in [0.5, 0.6) is 0 Å². The number of hydrogen-bond donors (Lipinski definition) is 1. The van der Waals surface area contributed by atoms with Crippen molar-refractivity contribution in [2.24, 2.45) is 0 Å². The lowest BCUT2D eigenvalue weighted by Crippen LogP contribution is -2.37. The van der Waals surface area contributed by atoms with Crippen molar-refractivity contribution in [1.29, 1.82) is 0 Å². The van der Waals surface area contributed by atoms with Crippen LogP contribution in [0.15, 0.2) is 42.5 Å². The number of carbonyl (C=O) groups is 2. The molecule has 0 radical (unpaired) electrons. The molecule has 0 saturated heterocycles. The normalized spacial score (nSPS) is 10.6. The van der Waals surface area contributed by atoms with E-state index in [2.05, 4.69) is 20.7 Å². The highest BCUT2D eigenvalue weighted by Crippen LogP contribution is 2.23. The molecule has 1 N–H and O–H groups in total. The van der Waals surface area contributed by atoms with Gasteiger partial charge in [-0.25, -0.2) is 0 Å². The molecule has 0 fully saturated rings. The second kappa shape index (κ2) is 8.83. The molecule has 9 heteroatoms. The molecular weight excluding hydrogens is 392 g/mol. The Labute approximate surface area is 173 Å². The van der Waals surface area contributed by atoms with Crippen molar-refractivity contribution in [3.05, 3.63) is 58.6 Å². The Morgan fingerprint density at radius 2 is 1.79 bits per heavy atom. The van der Waals surface area contributed by atoms with Gasteiger partial charge in [-0.15, -0.1) is 10.2 Å². The fourth-order valence-corrected chi connectivity index (χ4v) is 3.02. The second-order valence-electron chi connectivity index (χ2n) is 6.69. The van der Waals surface area contributed by atoms with Gasteiger partial charge in [0.25, 0.3) is 0 Å². The lowest BCUT2D eigenvalue weighted by atomic mass is 10.1. The number of amides is 2. The maximum Gasteiger partial charge on any atom is 0.246 e. The van der Waals surface area contributed by atoms with Crippen molar-refractivity contribution in [3.63, 3.8) is 0 Å². The monoisotopic (exact) mass is 412 g/mol. The van der Waals surface area contributed by atoms with Crippen LogP contribution in [-0.2, 0) is 16.1 Å². The van der Waals surface area contributed by atoms with Gasteiger partial charge in [0.2, 0.25) is 17.6 Å². The number of carbonyl (C=O) groups excluding carboxylic acids is 2. The molecule has 2 amide bonds. The molecule has 2 aromatic carbocycles. The molecule has 0 aliphatic heterocycles. The van der Waals surface area contributed by atoms with Gasteiger partial charge in [-0.05, 0) is 42.3 Å². The first-order chi connectivity index (χ1) is 13.8. The molecule has 0 saturated carbocycles. The van der Waals surface area contributed by atoms with E-state index in [0.717, 1.165) is 16.8 Å². The first-order valence-electron chi connectivity index (χ1n) is 8.98. The number of tetrazole rings is 1. The first kappa shape index (κ1) is 20.5. The number of hydrogen-bond acceptors (Lipinski definition) is 5. The minimum Gasteiger partial charge on any atom is -0.335 e. The third-order valence-corrected chi connectivity index (χ3v) is 4.73. The zero-order valence-corrected chi connectivity index (χ0v) is 17.1. The molecule has 150 valence electrons. The fourth-order valence-electron chi connectivity index (χ4n) is 2.80. The highest BCUT2D eigenvalue weighted by molar-refractivity contribution is 6.33. The summed E-state index contributed by atoms with van der Waals surface area (Å²) in [4.78, 5) is 27.3. The SMILES string of the molecule is Cc1cccc(C)c1NC(=O)CN(C)C(=O)Cn1nnc(-c2ccccc2Cl)n1. The summed E-state index contributed by atoms with van der Waals surface area (Å²) in [5.41, 5.74) is 3.33. The number of anilines is 1. The van der Waals surface area contributed by atoms with Gasteiger partial charge in [0.1, 0.15) is 6.54 Å². The van der Waals surface area contributed by atoms with Gasteiger partial charge < -0.3 is 10.2 Å². The zero-order valence-electron chi connectivity index (χ0n) is 16.4. The van der Waals surface area contributed by atoms with Gasteiger partial charge in [-0.3, -0.25) is 9.59 Å². The van der Waals surface area contributed by atoms with Crippen LogP contribution in [0.25, 0.3) is 11.4 Å². The highest BCUT2D eigenvalue weighted by Gasteiger charge is 2.17. The van der Waals surface area contributed by atoms with E-state index >= 15 is 0 Å². The van der Waals surface area contributed by atoms with Crippen LogP contribution >= 0.6 is 11.6 Å². The van der Waals surface area contributed by atoms with Gasteiger partial charge in [0, 0.05) is 18.3 Å². The van der Waals surface area contributed by atoms with Crippen LogP contribution < -0.4 is 5.32 Å². The molecule has 0 bridgehead atoms. The van der Waals surface area contributed by atoms with Crippen molar-refractivity contribution in [1.82, 2.24) is 25.1 Å². The van der Waals surface area contributed by atoms with Gasteiger partial charge in [-0.2, -0.15) is 4.80 Å². The third kappa shape index (κ3) is 4.97. The number of likely N-dealkylation sites (N-methyl/N-ethyl adjacent to an activating group) is 1. The van der Waals surface area contributed by atoms with E-state index in [1.807, 2.05) is 38.1 Å². The summed E-state index contributed by atoms with van der Waals surface area (Å²) in [5.74, 6) is -0.259. The summed E-state index contributed by atoms with van der Waals surface area (Å²) in [5, 5.41) is 15.4. The summed E-state index contributed by atoms with van der Waals surface area (Å²) in [6, 6.07) is 12.9. The molecule has 1 aromatic heterocycles. The minimum atomic E-state index is -0.315. The van der Waals surface area contributed by atoms with Crippen molar-refractivity contribution < 1.29 is 9.59 Å². The van der Waals surface area contributed by atoms with Crippen molar-refractivity contribution >= 4 is 29.1 Å². The maximum absolute atomic E-state index is 12.4. The van der Waals surface area contributed by atoms with E-state index in [0.29, 0.717) is 16.4 Å². The summed E-state index contributed by atoms with van der Waals surface area (Å²) in [6.07, 6.45) is 0. The molecule has 0 aliphatic rings. The van der Waals surface area contributed by atoms with Crippen LogP contribution in [0.1, 0.15) is 11.1 Å². The Morgan fingerprint density at radius 1 is 1.10 bits per heavy atom. The van der Waals surface area contributed by atoms with E-state index in [9.17, 15) is 9.59 Å². The topological polar surface area (TPSA) is 93.0 Å². The molecular formula is C20H21ClN6O2. The molecule has 0 spiro atoms. The van der Waals surface area contributed by atoms with Crippen molar-refractivity contribution in [3.8, 4) is 11.4 Å². The van der Waals surface area contributed by atoms with Gasteiger partial charge in [-0.1, -0.05) is 41.9 Å². The third-order valence-electron chi connectivity index (χ3n) is 4.40. The Balaban J connectivity index is 1.60. The number of benzene rings is 2. The summed E-state index contributed by atoms with van der Waals surface area (Å²) in [7, 11) is 1.55. The molecule has 3 rings (SSSR count). The number of nitrogens with zero attached hydrogens (tertiary/aromatic N) is 5. The molecule has 1 heterocycles. The smallest absolute Gasteiger partial charge is 0.246 e. The first-order valence-corrected chi connectivity index (χ1v) is 9.35. The standard InChI is InChI=1S/C20H21ClN6O2/c1-13-7-6-8-14(2)19(13)22-17(28)11-26(3)18(29)12-27-24-20(23-25-27)15-9-4-5-10-16(15)21/h4-10H,11-12H2,1-3H3,(H,22,28). The average Bonchev–Trinajstić information content (AvgIpc) is 3.13. The van der Waals surface area contributed by atoms with Gasteiger partial charge in [0.15, 0.2) is 0 Å². The maximum atomic E-state index is 12.4. The summed E-state index contributed by atoms with van der Waals surface area (Å²) < 4.78 is 0. The molecule has 29 heavy (non-hydrogen) atoms. The lowest BCUT2D eigenvalue weighted by molar-refractivity contribution is -0.134. The van der Waals surface area contributed by atoms with E-state index in [-0.39, 0.29) is 24.9 Å². The van der Waals surface area contributed by atoms with Crippen LogP contribution in [0.4, 0.5) is 5.69 Å². The number of para-hydroxylation sites is 1. The van der Waals surface area contributed by atoms with Crippen LogP contribution in [0, 0.1) is 13.8 Å². The van der Waals surface area contributed by atoms with Crippen molar-refractivity contribution in [2.75, 3.05) is 18.9 Å². The largest absolute Gasteiger partial charge is 0.335 e. The highest BCUT2D eigenvalue weighted by atomic mass is 35.5. The van der Waals surface area contributed by atoms with E-state index in [4.69, 9.17) is 11.6 Å². The molecule has 3 aromatic rings. The fraction of sp³-hybridized carbons (Fsp3) is 0.250. The number of nitrogens with one attached hydrogen (secondary N) is 1. The average molecular weight is 413 g/mol. The van der Waals surface area contributed by atoms with Crippen LogP contribution in [0.3, 0.4) is 0 Å². The molecule has 0 aliphatic carbocycles. The zero-order chi connectivity index (χ0) is 21.0. The predicted molar refractivity (Wildman–Crippen MR) is 110 cm³/mol.